The van der Waals surface area contributed by atoms with E-state index in [4.69, 9.17) is 4.74 Å². The summed E-state index contributed by atoms with van der Waals surface area (Å²) in [7, 11) is -3.38. The Bertz CT molecular complexity index is 662. The molecule has 0 unspecified atom stereocenters. The van der Waals surface area contributed by atoms with Crippen molar-refractivity contribution in [2.75, 3.05) is 26.3 Å². The summed E-state index contributed by atoms with van der Waals surface area (Å²) < 4.78 is 31.7. The molecule has 1 aromatic carbocycles. The number of nitrogens with zero attached hydrogens (tertiary/aromatic N) is 1. The number of nitrogens with one attached hydrogen (secondary N) is 1. The minimum absolute atomic E-state index is 0.0813. The van der Waals surface area contributed by atoms with Crippen molar-refractivity contribution >= 4 is 15.9 Å². The molecule has 1 heterocycles. The lowest BCUT2D eigenvalue weighted by Gasteiger charge is -2.15. The first-order chi connectivity index (χ1) is 11.6. The average molecular weight is 352 g/mol. The summed E-state index contributed by atoms with van der Waals surface area (Å²) in [5.74, 6) is 0.493. The molecule has 1 saturated heterocycles. The van der Waals surface area contributed by atoms with Crippen LogP contribution in [0.2, 0.25) is 0 Å². The summed E-state index contributed by atoms with van der Waals surface area (Å²) in [6.07, 6.45) is 4.25. The largest absolute Gasteiger partial charge is 0.371 e. The number of ether oxygens (including phenoxy) is 1. The van der Waals surface area contributed by atoms with Crippen LogP contribution in [0.25, 0.3) is 0 Å². The highest BCUT2D eigenvalue weighted by atomic mass is 32.2. The maximum atomic E-state index is 12.4. The Labute approximate surface area is 143 Å². The Morgan fingerprint density at radius 2 is 1.83 bits per heavy atom. The second-order valence-corrected chi connectivity index (χ2v) is 8.43. The fraction of sp³-hybridized carbons (Fsp3) is 0.588. The lowest BCUT2D eigenvalue weighted by molar-refractivity contribution is -0.126. The highest BCUT2D eigenvalue weighted by Crippen LogP contribution is 2.28. The van der Waals surface area contributed by atoms with E-state index >= 15 is 0 Å². The fourth-order valence-electron chi connectivity index (χ4n) is 2.71. The molecule has 1 N–H and O–H groups in total. The van der Waals surface area contributed by atoms with Crippen LogP contribution >= 0.6 is 0 Å². The monoisotopic (exact) mass is 352 g/mol. The smallest absolute Gasteiger partial charge is 0.246 e. The zero-order valence-corrected chi connectivity index (χ0v) is 14.6. The van der Waals surface area contributed by atoms with Crippen LogP contribution < -0.4 is 5.32 Å². The molecule has 1 saturated carbocycles. The van der Waals surface area contributed by atoms with Gasteiger partial charge in [0.25, 0.3) is 0 Å². The minimum atomic E-state index is -3.38. The number of carbonyl (C=O) groups excluding carboxylic acids is 1. The molecule has 0 atom stereocenters. The molecule has 132 valence electrons. The average Bonchev–Trinajstić information content (AvgIpc) is 3.22. The second-order valence-electron chi connectivity index (χ2n) is 6.49. The summed E-state index contributed by atoms with van der Waals surface area (Å²) in [6.45, 7) is 2.31. The van der Waals surface area contributed by atoms with E-state index in [0.29, 0.717) is 37.1 Å². The molecule has 2 aliphatic rings. The van der Waals surface area contributed by atoms with E-state index in [2.05, 4.69) is 5.32 Å². The van der Waals surface area contributed by atoms with Gasteiger partial charge in [-0.05, 0) is 49.3 Å². The maximum absolute atomic E-state index is 12.4. The van der Waals surface area contributed by atoms with Crippen molar-refractivity contribution in [3.05, 3.63) is 29.8 Å². The zero-order chi connectivity index (χ0) is 17.0. The Morgan fingerprint density at radius 1 is 1.17 bits per heavy atom. The lowest BCUT2D eigenvalue weighted by atomic mass is 10.2. The van der Waals surface area contributed by atoms with Crippen LogP contribution in [-0.4, -0.2) is 44.9 Å². The highest BCUT2D eigenvalue weighted by Gasteiger charge is 2.26. The van der Waals surface area contributed by atoms with Crippen molar-refractivity contribution in [2.45, 2.75) is 37.1 Å². The number of benzene rings is 1. The quantitative estimate of drug-likeness (QED) is 0.769. The Morgan fingerprint density at radius 3 is 2.46 bits per heavy atom. The highest BCUT2D eigenvalue weighted by molar-refractivity contribution is 7.89. The van der Waals surface area contributed by atoms with E-state index in [-0.39, 0.29) is 12.5 Å². The summed E-state index contributed by atoms with van der Waals surface area (Å²) >= 11 is 0. The van der Waals surface area contributed by atoms with Gasteiger partial charge in [-0.15, -0.1) is 0 Å². The molecule has 1 aliphatic carbocycles. The van der Waals surface area contributed by atoms with E-state index in [9.17, 15) is 13.2 Å². The van der Waals surface area contributed by atoms with Gasteiger partial charge in [-0.3, -0.25) is 4.79 Å². The van der Waals surface area contributed by atoms with Crippen molar-refractivity contribution < 1.29 is 17.9 Å². The summed E-state index contributed by atoms with van der Waals surface area (Å²) in [5, 5.41) is 2.78. The van der Waals surface area contributed by atoms with Gasteiger partial charge in [0.2, 0.25) is 15.9 Å². The molecule has 0 bridgehead atoms. The zero-order valence-electron chi connectivity index (χ0n) is 13.7. The molecule has 3 rings (SSSR count). The number of amides is 1. The molecule has 0 radical (unpaired) electrons. The Kier molecular flexibility index (Phi) is 5.53. The molecule has 1 amide bonds. The van der Waals surface area contributed by atoms with Gasteiger partial charge in [0.05, 0.1) is 11.5 Å². The molecule has 2 fully saturated rings. The van der Waals surface area contributed by atoms with E-state index < -0.39 is 10.0 Å². The van der Waals surface area contributed by atoms with Crippen molar-refractivity contribution in [1.82, 2.24) is 9.62 Å². The summed E-state index contributed by atoms with van der Waals surface area (Å²) in [6, 6.07) is 6.71. The van der Waals surface area contributed by atoms with E-state index in [1.165, 1.54) is 17.1 Å². The Hall–Kier alpha value is -1.44. The number of sulfonamides is 1. The molecule has 0 aromatic heterocycles. The predicted octanol–water partition coefficient (Wildman–Crippen LogP) is 1.51. The second kappa shape index (κ2) is 7.63. The third-order valence-corrected chi connectivity index (χ3v) is 6.31. The molecule has 7 heteroatoms. The topological polar surface area (TPSA) is 75.7 Å². The van der Waals surface area contributed by atoms with Crippen LogP contribution in [0.3, 0.4) is 0 Å². The van der Waals surface area contributed by atoms with Gasteiger partial charge in [-0.1, -0.05) is 12.1 Å². The molecule has 0 spiro atoms. The SMILES string of the molecule is O=C(COCC1CC1)NCc1ccc(S(=O)(=O)N2CCCC2)cc1. The predicted molar refractivity (Wildman–Crippen MR) is 89.8 cm³/mol. The van der Waals surface area contributed by atoms with Gasteiger partial charge in [0.15, 0.2) is 0 Å². The summed E-state index contributed by atoms with van der Waals surface area (Å²) in [5.41, 5.74) is 0.867. The van der Waals surface area contributed by atoms with Crippen molar-refractivity contribution in [2.24, 2.45) is 5.92 Å². The molecule has 24 heavy (non-hydrogen) atoms. The molecule has 1 aromatic rings. The van der Waals surface area contributed by atoms with E-state index in [1.807, 2.05) is 0 Å². The van der Waals surface area contributed by atoms with Gasteiger partial charge in [0.1, 0.15) is 6.61 Å². The van der Waals surface area contributed by atoms with Crippen molar-refractivity contribution in [3.63, 3.8) is 0 Å². The van der Waals surface area contributed by atoms with E-state index in [1.54, 1.807) is 24.3 Å². The van der Waals surface area contributed by atoms with Crippen LogP contribution in [0.5, 0.6) is 0 Å². The van der Waals surface area contributed by atoms with Crippen LogP contribution in [-0.2, 0) is 26.1 Å². The number of carbonyl (C=O) groups is 1. The molecule has 6 nitrogen and oxygen atoms in total. The number of rotatable bonds is 8. The van der Waals surface area contributed by atoms with Gasteiger partial charge >= 0.3 is 0 Å². The Balaban J connectivity index is 1.47. The summed E-state index contributed by atoms with van der Waals surface area (Å²) in [4.78, 5) is 12.0. The van der Waals surface area contributed by atoms with E-state index in [0.717, 1.165) is 18.4 Å². The number of hydrogen-bond acceptors (Lipinski definition) is 4. The van der Waals surface area contributed by atoms with Crippen LogP contribution in [0.15, 0.2) is 29.2 Å². The molecular formula is C17H24N2O4S. The van der Waals surface area contributed by atoms with Gasteiger partial charge in [0, 0.05) is 19.6 Å². The van der Waals surface area contributed by atoms with Gasteiger partial charge in [-0.2, -0.15) is 4.31 Å². The first-order valence-electron chi connectivity index (χ1n) is 8.49. The minimum Gasteiger partial charge on any atom is -0.371 e. The third-order valence-electron chi connectivity index (χ3n) is 4.40. The number of hydrogen-bond donors (Lipinski definition) is 1. The molecule has 1 aliphatic heterocycles. The molecular weight excluding hydrogens is 328 g/mol. The maximum Gasteiger partial charge on any atom is 0.246 e. The van der Waals surface area contributed by atoms with Crippen molar-refractivity contribution in [3.8, 4) is 0 Å². The third kappa shape index (κ3) is 4.55. The normalized spacial score (nSPS) is 18.7. The standard InChI is InChI=1S/C17H24N2O4S/c20-17(13-23-12-15-3-4-15)18-11-14-5-7-16(8-6-14)24(21,22)19-9-1-2-10-19/h5-8,15H,1-4,9-13H2,(H,18,20). The first-order valence-corrected chi connectivity index (χ1v) is 9.93. The first kappa shape index (κ1) is 17.4. The van der Waals surface area contributed by atoms with Crippen LogP contribution in [0, 0.1) is 5.92 Å². The van der Waals surface area contributed by atoms with Gasteiger partial charge in [-0.25, -0.2) is 8.42 Å². The van der Waals surface area contributed by atoms with Crippen LogP contribution in [0.1, 0.15) is 31.2 Å². The lowest BCUT2D eigenvalue weighted by Crippen LogP contribution is -2.28. The van der Waals surface area contributed by atoms with Crippen molar-refractivity contribution in [1.29, 1.82) is 0 Å². The fourth-order valence-corrected chi connectivity index (χ4v) is 4.23. The van der Waals surface area contributed by atoms with Crippen LogP contribution in [0.4, 0.5) is 0 Å². The van der Waals surface area contributed by atoms with Gasteiger partial charge < -0.3 is 10.1 Å².